The molecule has 0 aliphatic heterocycles. The van der Waals surface area contributed by atoms with Crippen LogP contribution in [0, 0.1) is 10.1 Å². The molecular formula is C18H18N4O4S. The van der Waals surface area contributed by atoms with Gasteiger partial charge in [-0.1, -0.05) is 19.1 Å². The van der Waals surface area contributed by atoms with Gasteiger partial charge in [-0.05, 0) is 17.5 Å². The third-order valence-corrected chi connectivity index (χ3v) is 5.61. The summed E-state index contributed by atoms with van der Waals surface area (Å²) in [7, 11) is 3.02. The van der Waals surface area contributed by atoms with Crippen molar-refractivity contribution >= 4 is 28.5 Å². The van der Waals surface area contributed by atoms with Gasteiger partial charge in [0.1, 0.15) is 5.65 Å². The number of nitrogens with zero attached hydrogens (tertiary/aromatic N) is 4. The lowest BCUT2D eigenvalue weighted by Gasteiger charge is -2.13. The van der Waals surface area contributed by atoms with Gasteiger partial charge in [-0.2, -0.15) is 0 Å². The fraction of sp³-hybridized carbons (Fsp3) is 0.278. The van der Waals surface area contributed by atoms with Crippen molar-refractivity contribution < 1.29 is 4.92 Å². The van der Waals surface area contributed by atoms with E-state index in [0.29, 0.717) is 23.2 Å². The van der Waals surface area contributed by atoms with E-state index in [1.807, 2.05) is 13.0 Å². The van der Waals surface area contributed by atoms with Gasteiger partial charge in [0.2, 0.25) is 0 Å². The van der Waals surface area contributed by atoms with Crippen molar-refractivity contribution in [2.24, 2.45) is 14.1 Å². The highest BCUT2D eigenvalue weighted by Crippen LogP contribution is 2.31. The van der Waals surface area contributed by atoms with Gasteiger partial charge in [-0.25, -0.2) is 9.78 Å². The molecule has 0 amide bonds. The Labute approximate surface area is 158 Å². The predicted octanol–water partition coefficient (Wildman–Crippen LogP) is 2.40. The van der Waals surface area contributed by atoms with E-state index in [9.17, 15) is 19.7 Å². The number of nitro groups is 1. The summed E-state index contributed by atoms with van der Waals surface area (Å²) in [6.07, 6.45) is 2.35. The summed E-state index contributed by atoms with van der Waals surface area (Å²) in [5.74, 6) is 0.458. The number of hydrogen-bond acceptors (Lipinski definition) is 6. The first-order chi connectivity index (χ1) is 12.8. The minimum atomic E-state index is -0.432. The first kappa shape index (κ1) is 18.8. The molecule has 2 aromatic heterocycles. The zero-order chi connectivity index (χ0) is 19.7. The summed E-state index contributed by atoms with van der Waals surface area (Å²) in [6.45, 7) is 1.96. The molecule has 1 aromatic carbocycles. The fourth-order valence-electron chi connectivity index (χ4n) is 2.87. The van der Waals surface area contributed by atoms with Crippen LogP contribution in [0.3, 0.4) is 0 Å². The van der Waals surface area contributed by atoms with Crippen LogP contribution in [0.4, 0.5) is 5.69 Å². The second-order valence-electron chi connectivity index (χ2n) is 6.09. The minimum Gasteiger partial charge on any atom is -0.280 e. The van der Waals surface area contributed by atoms with Crippen molar-refractivity contribution in [2.45, 2.75) is 24.0 Å². The molecule has 0 fully saturated rings. The Hall–Kier alpha value is -2.94. The average Bonchev–Trinajstić information content (AvgIpc) is 2.68. The van der Waals surface area contributed by atoms with E-state index in [0.717, 1.165) is 20.6 Å². The molecule has 2 heterocycles. The highest BCUT2D eigenvalue weighted by atomic mass is 32.2. The quantitative estimate of drug-likeness (QED) is 0.379. The van der Waals surface area contributed by atoms with E-state index in [1.165, 1.54) is 35.5 Å². The second-order valence-corrected chi connectivity index (χ2v) is 7.07. The number of pyridine rings is 1. The van der Waals surface area contributed by atoms with Gasteiger partial charge in [-0.15, -0.1) is 11.8 Å². The number of rotatable bonds is 5. The maximum atomic E-state index is 12.8. The number of benzene rings is 1. The van der Waals surface area contributed by atoms with Gasteiger partial charge in [-0.3, -0.25) is 24.0 Å². The zero-order valence-electron chi connectivity index (χ0n) is 15.1. The fourth-order valence-corrected chi connectivity index (χ4v) is 4.07. The van der Waals surface area contributed by atoms with Crippen LogP contribution in [0.25, 0.3) is 11.0 Å². The van der Waals surface area contributed by atoms with Crippen molar-refractivity contribution in [1.29, 1.82) is 0 Å². The van der Waals surface area contributed by atoms with Crippen LogP contribution in [0.5, 0.6) is 0 Å². The molecule has 0 saturated carbocycles. The number of nitro benzene ring substituents is 1. The summed E-state index contributed by atoms with van der Waals surface area (Å²) in [4.78, 5) is 40.5. The predicted molar refractivity (Wildman–Crippen MR) is 104 cm³/mol. The van der Waals surface area contributed by atoms with E-state index in [4.69, 9.17) is 0 Å². The van der Waals surface area contributed by atoms with E-state index in [2.05, 4.69) is 4.98 Å². The van der Waals surface area contributed by atoms with E-state index < -0.39 is 16.2 Å². The maximum Gasteiger partial charge on any atom is 0.332 e. The van der Waals surface area contributed by atoms with Crippen LogP contribution >= 0.6 is 11.8 Å². The summed E-state index contributed by atoms with van der Waals surface area (Å²) >= 11 is 1.42. The lowest BCUT2D eigenvalue weighted by molar-refractivity contribution is -0.384. The van der Waals surface area contributed by atoms with Gasteiger partial charge in [0.25, 0.3) is 11.2 Å². The minimum absolute atomic E-state index is 0.0294. The monoisotopic (exact) mass is 386 g/mol. The highest BCUT2D eigenvalue weighted by Gasteiger charge is 2.17. The average molecular weight is 386 g/mol. The first-order valence-electron chi connectivity index (χ1n) is 8.28. The van der Waals surface area contributed by atoms with Crippen molar-refractivity contribution in [1.82, 2.24) is 14.1 Å². The first-order valence-corrected chi connectivity index (χ1v) is 9.27. The molecule has 0 spiro atoms. The summed E-state index contributed by atoms with van der Waals surface area (Å²) in [5.41, 5.74) is 1.22. The van der Waals surface area contributed by atoms with Crippen molar-refractivity contribution in [3.63, 3.8) is 0 Å². The van der Waals surface area contributed by atoms with Gasteiger partial charge in [0.05, 0.1) is 10.3 Å². The van der Waals surface area contributed by atoms with Crippen LogP contribution in [0.2, 0.25) is 0 Å². The summed E-state index contributed by atoms with van der Waals surface area (Å²) in [6, 6.07) is 6.42. The molecular weight excluding hydrogens is 368 g/mol. The zero-order valence-corrected chi connectivity index (χ0v) is 15.9. The Morgan fingerprint density at radius 1 is 1.22 bits per heavy atom. The molecule has 27 heavy (non-hydrogen) atoms. The number of non-ortho nitro benzene ring substituents is 1. The number of thioether (sulfide) groups is 1. The highest BCUT2D eigenvalue weighted by molar-refractivity contribution is 7.98. The van der Waals surface area contributed by atoms with Crippen LogP contribution < -0.4 is 11.2 Å². The number of aromatic nitrogens is 3. The number of hydrogen-bond donors (Lipinski definition) is 0. The molecule has 3 rings (SSSR count). The lowest BCUT2D eigenvalue weighted by atomic mass is 10.2. The molecule has 0 aliphatic carbocycles. The molecule has 140 valence electrons. The normalized spacial score (nSPS) is 11.1. The Bertz CT molecular complexity index is 1170. The van der Waals surface area contributed by atoms with Crippen LogP contribution in [0.15, 0.2) is 44.9 Å². The Kier molecular flexibility index (Phi) is 5.13. The van der Waals surface area contributed by atoms with Crippen molar-refractivity contribution in [3.8, 4) is 0 Å². The molecule has 0 bridgehead atoms. The standard InChI is InChI=1S/C18H18N4O4S/c1-4-12-9-19-16-14(17(23)21(3)18(24)20(16)2)15(12)27-10-11-6-5-7-13(8-11)22(25)26/h5-9H,4,10H2,1-3H3. The number of fused-ring (bicyclic) bond motifs is 1. The molecule has 0 N–H and O–H groups in total. The third kappa shape index (κ3) is 3.37. The molecule has 3 aromatic rings. The van der Waals surface area contributed by atoms with Crippen molar-refractivity contribution in [3.05, 3.63) is 72.5 Å². The van der Waals surface area contributed by atoms with Gasteiger partial charge in [0, 0.05) is 43.1 Å². The third-order valence-electron chi connectivity index (χ3n) is 4.38. The molecule has 9 heteroatoms. The Balaban J connectivity index is 2.13. The molecule has 0 unspecified atom stereocenters. The van der Waals surface area contributed by atoms with Crippen LogP contribution in [-0.2, 0) is 26.3 Å². The van der Waals surface area contributed by atoms with Gasteiger partial charge in [0.15, 0.2) is 0 Å². The Morgan fingerprint density at radius 3 is 2.63 bits per heavy atom. The van der Waals surface area contributed by atoms with Gasteiger partial charge >= 0.3 is 5.69 Å². The van der Waals surface area contributed by atoms with E-state index in [-0.39, 0.29) is 5.69 Å². The smallest absolute Gasteiger partial charge is 0.280 e. The number of aryl methyl sites for hydroxylation is 2. The molecule has 0 atom stereocenters. The summed E-state index contributed by atoms with van der Waals surface area (Å²) < 4.78 is 2.43. The van der Waals surface area contributed by atoms with Crippen molar-refractivity contribution in [2.75, 3.05) is 0 Å². The SMILES string of the molecule is CCc1cnc2c(c1SCc1cccc([N+](=O)[O-])c1)c(=O)n(C)c(=O)n2C. The summed E-state index contributed by atoms with van der Waals surface area (Å²) in [5, 5.41) is 11.4. The molecule has 0 aliphatic rings. The molecule has 8 nitrogen and oxygen atoms in total. The van der Waals surface area contributed by atoms with E-state index in [1.54, 1.807) is 19.3 Å². The van der Waals surface area contributed by atoms with Crippen LogP contribution in [0.1, 0.15) is 18.1 Å². The van der Waals surface area contributed by atoms with Crippen LogP contribution in [-0.4, -0.2) is 19.0 Å². The van der Waals surface area contributed by atoms with Gasteiger partial charge < -0.3 is 0 Å². The Morgan fingerprint density at radius 2 is 1.96 bits per heavy atom. The maximum absolute atomic E-state index is 12.8. The molecule has 0 saturated heterocycles. The largest absolute Gasteiger partial charge is 0.332 e. The topological polar surface area (TPSA) is 100 Å². The lowest BCUT2D eigenvalue weighted by Crippen LogP contribution is -2.37. The molecule has 0 radical (unpaired) electrons. The second kappa shape index (κ2) is 7.36. The van der Waals surface area contributed by atoms with E-state index >= 15 is 0 Å².